The number of amides is 3. The number of carbonyl (C=O) groups excluding carboxylic acids is 2. The predicted molar refractivity (Wildman–Crippen MR) is 87.9 cm³/mol. The fourth-order valence-corrected chi connectivity index (χ4v) is 4.15. The van der Waals surface area contributed by atoms with Gasteiger partial charge in [-0.05, 0) is 25.1 Å². The SMILES string of the molecule is CCNC(=O)NC(=O)C[NH+]1CCN(S(=O)(=O)c2cc(F)ccc2F)CC1. The fourth-order valence-electron chi connectivity index (χ4n) is 2.64. The van der Waals surface area contributed by atoms with E-state index in [1.54, 1.807) is 6.92 Å². The first kappa shape index (κ1) is 20.2. The normalized spacial score (nSPS) is 16.3. The molecule has 11 heteroatoms. The minimum absolute atomic E-state index is 0.0132. The fraction of sp³-hybridized carbons (Fsp3) is 0.467. The number of benzene rings is 1. The molecule has 1 aromatic carbocycles. The number of imide groups is 1. The molecule has 0 saturated carbocycles. The number of hydrogen-bond donors (Lipinski definition) is 3. The van der Waals surface area contributed by atoms with Gasteiger partial charge in [-0.15, -0.1) is 0 Å². The summed E-state index contributed by atoms with van der Waals surface area (Å²) in [6.45, 7) is 2.84. The number of rotatable bonds is 5. The van der Waals surface area contributed by atoms with Crippen LogP contribution < -0.4 is 15.5 Å². The van der Waals surface area contributed by atoms with E-state index < -0.39 is 38.5 Å². The standard InChI is InChI=1S/C15H20F2N4O4S/c1-2-18-15(23)19-14(22)10-20-5-7-21(8-6-20)26(24,25)13-9-11(16)3-4-12(13)17/h3-4,9H,2,5-8,10H2,1H3,(H2,18,19,22,23)/p+1. The van der Waals surface area contributed by atoms with E-state index in [-0.39, 0.29) is 19.6 Å². The maximum absolute atomic E-state index is 13.8. The molecule has 2 rings (SSSR count). The monoisotopic (exact) mass is 391 g/mol. The molecule has 0 aliphatic carbocycles. The van der Waals surface area contributed by atoms with Gasteiger partial charge in [0, 0.05) is 6.54 Å². The number of piperazine rings is 1. The van der Waals surface area contributed by atoms with Crippen molar-refractivity contribution >= 4 is 22.0 Å². The zero-order chi connectivity index (χ0) is 19.3. The lowest BCUT2D eigenvalue weighted by atomic mass is 10.3. The van der Waals surface area contributed by atoms with Crippen molar-refractivity contribution in [3.63, 3.8) is 0 Å². The Kier molecular flexibility index (Phi) is 6.62. The average molecular weight is 391 g/mol. The summed E-state index contributed by atoms with van der Waals surface area (Å²) in [5, 5.41) is 4.61. The lowest BCUT2D eigenvalue weighted by Gasteiger charge is -2.31. The van der Waals surface area contributed by atoms with Gasteiger partial charge in [-0.2, -0.15) is 4.31 Å². The summed E-state index contributed by atoms with van der Waals surface area (Å²) in [7, 11) is -4.15. The van der Waals surface area contributed by atoms with E-state index >= 15 is 0 Å². The van der Waals surface area contributed by atoms with Crippen LogP contribution in [-0.2, 0) is 14.8 Å². The highest BCUT2D eigenvalue weighted by molar-refractivity contribution is 7.89. The van der Waals surface area contributed by atoms with Crippen molar-refractivity contribution in [2.75, 3.05) is 39.3 Å². The van der Waals surface area contributed by atoms with E-state index in [4.69, 9.17) is 0 Å². The number of nitrogens with zero attached hydrogens (tertiary/aromatic N) is 1. The lowest BCUT2D eigenvalue weighted by molar-refractivity contribution is -0.895. The molecule has 26 heavy (non-hydrogen) atoms. The van der Waals surface area contributed by atoms with Crippen LogP contribution in [0.1, 0.15) is 6.92 Å². The minimum Gasteiger partial charge on any atom is -0.338 e. The van der Waals surface area contributed by atoms with Crippen molar-refractivity contribution in [2.24, 2.45) is 0 Å². The van der Waals surface area contributed by atoms with Gasteiger partial charge >= 0.3 is 6.03 Å². The molecule has 1 aliphatic heterocycles. The molecule has 0 atom stereocenters. The molecule has 1 heterocycles. The predicted octanol–water partition coefficient (Wildman–Crippen LogP) is -1.30. The maximum atomic E-state index is 13.8. The first-order valence-electron chi connectivity index (χ1n) is 8.10. The Bertz CT molecular complexity index is 780. The Morgan fingerprint density at radius 2 is 1.88 bits per heavy atom. The van der Waals surface area contributed by atoms with Gasteiger partial charge < -0.3 is 10.2 Å². The Balaban J connectivity index is 1.94. The summed E-state index contributed by atoms with van der Waals surface area (Å²) in [6.07, 6.45) is 0. The highest BCUT2D eigenvalue weighted by Crippen LogP contribution is 2.20. The second-order valence-electron chi connectivity index (χ2n) is 5.81. The highest BCUT2D eigenvalue weighted by Gasteiger charge is 2.33. The van der Waals surface area contributed by atoms with Crippen LogP contribution in [0.3, 0.4) is 0 Å². The molecule has 1 saturated heterocycles. The Labute approximate surface area is 150 Å². The van der Waals surface area contributed by atoms with E-state index in [0.717, 1.165) is 21.3 Å². The molecule has 1 fully saturated rings. The van der Waals surface area contributed by atoms with Gasteiger partial charge in [0.05, 0.1) is 26.2 Å². The van der Waals surface area contributed by atoms with Crippen LogP contribution in [0, 0.1) is 11.6 Å². The minimum atomic E-state index is -4.15. The zero-order valence-corrected chi connectivity index (χ0v) is 15.0. The topological polar surface area (TPSA) is 100 Å². The third kappa shape index (κ3) is 4.96. The Morgan fingerprint density at radius 1 is 1.23 bits per heavy atom. The van der Waals surface area contributed by atoms with Crippen molar-refractivity contribution in [3.8, 4) is 0 Å². The van der Waals surface area contributed by atoms with E-state index in [1.165, 1.54) is 0 Å². The van der Waals surface area contributed by atoms with Crippen LogP contribution in [-0.4, -0.2) is 63.9 Å². The van der Waals surface area contributed by atoms with Crippen LogP contribution in [0.5, 0.6) is 0 Å². The molecule has 3 N–H and O–H groups in total. The van der Waals surface area contributed by atoms with Crippen LogP contribution in [0.25, 0.3) is 0 Å². The first-order valence-corrected chi connectivity index (χ1v) is 9.54. The van der Waals surface area contributed by atoms with Crippen molar-refractivity contribution in [1.82, 2.24) is 14.9 Å². The average Bonchev–Trinajstić information content (AvgIpc) is 2.57. The van der Waals surface area contributed by atoms with E-state index in [0.29, 0.717) is 25.7 Å². The van der Waals surface area contributed by atoms with Crippen LogP contribution in [0.15, 0.2) is 23.1 Å². The van der Waals surface area contributed by atoms with Gasteiger partial charge in [0.25, 0.3) is 5.91 Å². The smallest absolute Gasteiger partial charge is 0.321 e. The number of halogens is 2. The number of carbonyl (C=O) groups is 2. The highest BCUT2D eigenvalue weighted by atomic mass is 32.2. The number of hydrogen-bond acceptors (Lipinski definition) is 4. The first-order chi connectivity index (χ1) is 12.2. The molecule has 144 valence electrons. The molecule has 3 amide bonds. The summed E-state index contributed by atoms with van der Waals surface area (Å²) >= 11 is 0. The summed E-state index contributed by atoms with van der Waals surface area (Å²) in [5.41, 5.74) is 0. The van der Waals surface area contributed by atoms with Crippen LogP contribution >= 0.6 is 0 Å². The number of quaternary nitrogens is 1. The molecular formula is C15H21F2N4O4S+. The number of urea groups is 1. The van der Waals surface area contributed by atoms with Crippen LogP contribution in [0.4, 0.5) is 13.6 Å². The van der Waals surface area contributed by atoms with Gasteiger partial charge in [0.1, 0.15) is 16.5 Å². The zero-order valence-electron chi connectivity index (χ0n) is 14.2. The van der Waals surface area contributed by atoms with Crippen LogP contribution in [0.2, 0.25) is 0 Å². The van der Waals surface area contributed by atoms with Crippen molar-refractivity contribution in [3.05, 3.63) is 29.8 Å². The number of nitrogens with one attached hydrogen (secondary N) is 3. The summed E-state index contributed by atoms with van der Waals surface area (Å²) in [6, 6.07) is 1.70. The molecule has 1 aromatic rings. The third-order valence-corrected chi connectivity index (χ3v) is 5.86. The molecule has 1 aliphatic rings. The van der Waals surface area contributed by atoms with Crippen molar-refractivity contribution < 1.29 is 31.7 Å². The Hall–Kier alpha value is -2.11. The molecule has 0 unspecified atom stereocenters. The largest absolute Gasteiger partial charge is 0.338 e. The molecule has 0 radical (unpaired) electrons. The summed E-state index contributed by atoms with van der Waals surface area (Å²) < 4.78 is 53.1. The van der Waals surface area contributed by atoms with Gasteiger partial charge in [0.2, 0.25) is 10.0 Å². The van der Waals surface area contributed by atoms with Gasteiger partial charge in [-0.25, -0.2) is 22.0 Å². The number of sulfonamides is 1. The van der Waals surface area contributed by atoms with Gasteiger partial charge in [-0.1, -0.05) is 0 Å². The third-order valence-electron chi connectivity index (χ3n) is 3.94. The summed E-state index contributed by atoms with van der Waals surface area (Å²) in [4.78, 5) is 23.1. The van der Waals surface area contributed by atoms with Crippen molar-refractivity contribution in [1.29, 1.82) is 0 Å². The molecule has 0 spiro atoms. The summed E-state index contributed by atoms with van der Waals surface area (Å²) in [5.74, 6) is -2.32. The van der Waals surface area contributed by atoms with Gasteiger partial charge in [-0.3, -0.25) is 10.1 Å². The van der Waals surface area contributed by atoms with E-state index in [1.807, 2.05) is 0 Å². The lowest BCUT2D eigenvalue weighted by Crippen LogP contribution is -3.15. The molecular weight excluding hydrogens is 370 g/mol. The molecule has 0 bridgehead atoms. The molecule has 0 aromatic heterocycles. The maximum Gasteiger partial charge on any atom is 0.321 e. The van der Waals surface area contributed by atoms with Crippen molar-refractivity contribution in [2.45, 2.75) is 11.8 Å². The van der Waals surface area contributed by atoms with E-state index in [9.17, 15) is 26.8 Å². The van der Waals surface area contributed by atoms with E-state index in [2.05, 4.69) is 10.6 Å². The Morgan fingerprint density at radius 3 is 2.50 bits per heavy atom. The second-order valence-corrected chi connectivity index (χ2v) is 7.72. The van der Waals surface area contributed by atoms with Gasteiger partial charge in [0.15, 0.2) is 6.54 Å². The second kappa shape index (κ2) is 8.52. The molecule has 8 nitrogen and oxygen atoms in total. The quantitative estimate of drug-likeness (QED) is 0.581.